The molecule has 3 atom stereocenters. The Morgan fingerprint density at radius 2 is 1.96 bits per heavy atom. The van der Waals surface area contributed by atoms with Crippen LogP contribution in [0, 0.1) is 12.7 Å². The molecule has 1 fully saturated rings. The van der Waals surface area contributed by atoms with Gasteiger partial charge in [0.05, 0.1) is 22.9 Å². The Hall–Kier alpha value is -1.83. The molecule has 7 heteroatoms. The number of aromatic nitrogens is 1. The lowest BCUT2D eigenvalue weighted by Crippen LogP contribution is -2.52. The van der Waals surface area contributed by atoms with Gasteiger partial charge in [-0.2, -0.15) is 0 Å². The first-order valence-corrected chi connectivity index (χ1v) is 10.5. The van der Waals surface area contributed by atoms with E-state index in [4.69, 9.17) is 4.74 Å². The molecular formula is C21H28FN3O2S. The molecule has 1 amide bonds. The fraction of sp³-hybridized carbons (Fsp3) is 0.524. The maximum absolute atomic E-state index is 13.1. The fourth-order valence-corrected chi connectivity index (χ4v) is 4.56. The number of amides is 1. The molecule has 1 aromatic carbocycles. The molecule has 152 valence electrons. The predicted octanol–water partition coefficient (Wildman–Crippen LogP) is 3.41. The molecule has 3 rings (SSSR count). The molecule has 0 spiro atoms. The number of morpholine rings is 1. The summed E-state index contributed by atoms with van der Waals surface area (Å²) in [6.45, 7) is 10.5. The number of thiazole rings is 1. The van der Waals surface area contributed by atoms with Crippen LogP contribution in [0.15, 0.2) is 24.3 Å². The molecule has 0 aliphatic carbocycles. The van der Waals surface area contributed by atoms with E-state index in [1.807, 2.05) is 6.92 Å². The smallest absolute Gasteiger partial charge is 0.263 e. The molecule has 1 N–H and O–H groups in total. The predicted molar refractivity (Wildman–Crippen MR) is 109 cm³/mol. The van der Waals surface area contributed by atoms with Crippen LogP contribution >= 0.6 is 11.3 Å². The molecule has 0 saturated carbocycles. The van der Waals surface area contributed by atoms with Crippen LogP contribution in [-0.2, 0) is 11.2 Å². The summed E-state index contributed by atoms with van der Waals surface area (Å²) in [5, 5.41) is 3.91. The lowest BCUT2D eigenvalue weighted by atomic mass is 10.1. The van der Waals surface area contributed by atoms with Crippen molar-refractivity contribution < 1.29 is 13.9 Å². The van der Waals surface area contributed by atoms with E-state index in [-0.39, 0.29) is 30.0 Å². The highest BCUT2D eigenvalue weighted by atomic mass is 32.1. The van der Waals surface area contributed by atoms with Crippen LogP contribution in [0.1, 0.15) is 46.7 Å². The van der Waals surface area contributed by atoms with Crippen molar-refractivity contribution in [3.05, 3.63) is 51.2 Å². The maximum atomic E-state index is 13.1. The standard InChI is InChI=1S/C21H28FN3O2S/c1-13(25-11-14(2)27-15(3)12-25)10-23-21(26)20-16(4)24-19(28-20)9-17-5-7-18(22)8-6-17/h5-8,13-15H,9-12H2,1-4H3,(H,23,26). The number of hydrogen-bond acceptors (Lipinski definition) is 5. The molecule has 1 saturated heterocycles. The van der Waals surface area contributed by atoms with Gasteiger partial charge in [0.25, 0.3) is 5.91 Å². The van der Waals surface area contributed by atoms with Crippen LogP contribution in [0.3, 0.4) is 0 Å². The Balaban J connectivity index is 1.57. The van der Waals surface area contributed by atoms with Gasteiger partial charge in [-0.05, 0) is 45.4 Å². The number of carbonyl (C=O) groups excluding carboxylic acids is 1. The zero-order valence-electron chi connectivity index (χ0n) is 16.9. The molecule has 1 aromatic heterocycles. The highest BCUT2D eigenvalue weighted by molar-refractivity contribution is 7.13. The summed E-state index contributed by atoms with van der Waals surface area (Å²) < 4.78 is 18.8. The van der Waals surface area contributed by atoms with Crippen LogP contribution in [0.25, 0.3) is 0 Å². The van der Waals surface area contributed by atoms with Crippen molar-refractivity contribution in [3.8, 4) is 0 Å². The molecule has 2 heterocycles. The van der Waals surface area contributed by atoms with Crippen LogP contribution in [-0.4, -0.2) is 53.7 Å². The van der Waals surface area contributed by atoms with Crippen LogP contribution in [0.5, 0.6) is 0 Å². The molecule has 1 aliphatic heterocycles. The van der Waals surface area contributed by atoms with Crippen molar-refractivity contribution in [3.63, 3.8) is 0 Å². The van der Waals surface area contributed by atoms with E-state index in [0.29, 0.717) is 17.8 Å². The summed E-state index contributed by atoms with van der Waals surface area (Å²) in [7, 11) is 0. The van der Waals surface area contributed by atoms with Crippen molar-refractivity contribution in [2.75, 3.05) is 19.6 Å². The highest BCUT2D eigenvalue weighted by Crippen LogP contribution is 2.21. The van der Waals surface area contributed by atoms with Gasteiger partial charge < -0.3 is 10.1 Å². The van der Waals surface area contributed by atoms with E-state index >= 15 is 0 Å². The highest BCUT2D eigenvalue weighted by Gasteiger charge is 2.26. The van der Waals surface area contributed by atoms with Crippen molar-refractivity contribution in [2.24, 2.45) is 0 Å². The van der Waals surface area contributed by atoms with Crippen molar-refractivity contribution in [1.29, 1.82) is 0 Å². The third-order valence-electron chi connectivity index (χ3n) is 4.94. The number of benzene rings is 1. The third-order valence-corrected chi connectivity index (χ3v) is 6.10. The Bertz CT molecular complexity index is 798. The minimum Gasteiger partial charge on any atom is -0.373 e. The van der Waals surface area contributed by atoms with E-state index < -0.39 is 0 Å². The second kappa shape index (κ2) is 9.11. The molecule has 3 unspecified atom stereocenters. The van der Waals surface area contributed by atoms with Gasteiger partial charge >= 0.3 is 0 Å². The number of ether oxygens (including phenoxy) is 1. The topological polar surface area (TPSA) is 54.5 Å². The van der Waals surface area contributed by atoms with E-state index in [9.17, 15) is 9.18 Å². The Morgan fingerprint density at radius 1 is 1.32 bits per heavy atom. The summed E-state index contributed by atoms with van der Waals surface area (Å²) in [5.74, 6) is -0.334. The van der Waals surface area contributed by atoms with Gasteiger partial charge in [0.2, 0.25) is 0 Å². The number of nitrogens with one attached hydrogen (secondary N) is 1. The summed E-state index contributed by atoms with van der Waals surface area (Å²) in [4.78, 5) is 20.2. The van der Waals surface area contributed by atoms with Gasteiger partial charge in [-0.15, -0.1) is 11.3 Å². The zero-order chi connectivity index (χ0) is 20.3. The lowest BCUT2D eigenvalue weighted by molar-refractivity contribution is -0.0778. The van der Waals surface area contributed by atoms with E-state index in [0.717, 1.165) is 29.4 Å². The maximum Gasteiger partial charge on any atom is 0.263 e. The largest absolute Gasteiger partial charge is 0.373 e. The molecule has 0 radical (unpaired) electrons. The first-order valence-electron chi connectivity index (χ1n) is 9.70. The van der Waals surface area contributed by atoms with Gasteiger partial charge in [0.15, 0.2) is 0 Å². The van der Waals surface area contributed by atoms with E-state index in [2.05, 4.69) is 36.0 Å². The quantitative estimate of drug-likeness (QED) is 0.800. The second-order valence-electron chi connectivity index (χ2n) is 7.60. The first kappa shape index (κ1) is 20.9. The summed E-state index contributed by atoms with van der Waals surface area (Å²) in [6.07, 6.45) is 1.01. The van der Waals surface area contributed by atoms with Gasteiger partial charge in [-0.3, -0.25) is 9.69 Å². The SMILES string of the molecule is Cc1nc(Cc2ccc(F)cc2)sc1C(=O)NCC(C)N1CC(C)OC(C)C1. The second-order valence-corrected chi connectivity index (χ2v) is 8.68. The van der Waals surface area contributed by atoms with Crippen LogP contribution in [0.4, 0.5) is 4.39 Å². The normalized spacial score (nSPS) is 21.5. The third kappa shape index (κ3) is 5.37. The number of halogens is 1. The molecule has 1 aliphatic rings. The monoisotopic (exact) mass is 405 g/mol. The molecule has 28 heavy (non-hydrogen) atoms. The number of carbonyl (C=O) groups is 1. The Kier molecular flexibility index (Phi) is 6.80. The molecule has 2 aromatic rings. The van der Waals surface area contributed by atoms with Crippen LogP contribution < -0.4 is 5.32 Å². The van der Waals surface area contributed by atoms with Gasteiger partial charge in [0.1, 0.15) is 10.7 Å². The van der Waals surface area contributed by atoms with E-state index in [1.54, 1.807) is 12.1 Å². The molecule has 0 bridgehead atoms. The van der Waals surface area contributed by atoms with Crippen LogP contribution in [0.2, 0.25) is 0 Å². The summed E-state index contributed by atoms with van der Waals surface area (Å²) in [6, 6.07) is 6.62. The van der Waals surface area contributed by atoms with Crippen molar-refractivity contribution in [1.82, 2.24) is 15.2 Å². The van der Waals surface area contributed by atoms with Gasteiger partial charge in [0, 0.05) is 32.1 Å². The number of hydrogen-bond donors (Lipinski definition) is 1. The fourth-order valence-electron chi connectivity index (χ4n) is 3.54. The summed E-state index contributed by atoms with van der Waals surface area (Å²) in [5.41, 5.74) is 1.71. The number of nitrogens with zero attached hydrogens (tertiary/aromatic N) is 2. The van der Waals surface area contributed by atoms with Gasteiger partial charge in [-0.25, -0.2) is 9.37 Å². The van der Waals surface area contributed by atoms with Crippen molar-refractivity contribution >= 4 is 17.2 Å². The minimum atomic E-state index is -0.252. The zero-order valence-corrected chi connectivity index (χ0v) is 17.7. The van der Waals surface area contributed by atoms with Gasteiger partial charge in [-0.1, -0.05) is 12.1 Å². The van der Waals surface area contributed by atoms with E-state index in [1.165, 1.54) is 23.5 Å². The Labute approximate surface area is 169 Å². The number of aryl methyl sites for hydroxylation is 1. The Morgan fingerprint density at radius 3 is 2.61 bits per heavy atom. The average molecular weight is 406 g/mol. The number of rotatable bonds is 6. The molecule has 5 nitrogen and oxygen atoms in total. The minimum absolute atomic E-state index is 0.0819. The molecular weight excluding hydrogens is 377 g/mol. The summed E-state index contributed by atoms with van der Waals surface area (Å²) >= 11 is 1.40. The average Bonchev–Trinajstić information content (AvgIpc) is 3.01. The first-order chi connectivity index (χ1) is 13.3. The lowest BCUT2D eigenvalue weighted by Gasteiger charge is -2.38. The van der Waals surface area contributed by atoms with Crippen molar-refractivity contribution in [2.45, 2.75) is 52.4 Å².